The topological polar surface area (TPSA) is 68.9 Å². The Bertz CT molecular complexity index is 634. The molecule has 1 aromatic heterocycles. The molecule has 1 N–H and O–H groups in total. The molecule has 148 valence electrons. The summed E-state index contributed by atoms with van der Waals surface area (Å²) in [5.41, 5.74) is 0.669. The second kappa shape index (κ2) is 8.44. The monoisotopic (exact) mass is 374 g/mol. The maximum absolute atomic E-state index is 12.8. The molecule has 1 atom stereocenters. The number of morpholine rings is 1. The smallest absolute Gasteiger partial charge is 0.270 e. The van der Waals surface area contributed by atoms with Crippen molar-refractivity contribution in [2.75, 3.05) is 52.5 Å². The van der Waals surface area contributed by atoms with Crippen molar-refractivity contribution >= 4 is 11.8 Å². The molecule has 27 heavy (non-hydrogen) atoms. The summed E-state index contributed by atoms with van der Waals surface area (Å²) in [6.07, 6.45) is 5.86. The molecule has 0 radical (unpaired) electrons. The van der Waals surface area contributed by atoms with E-state index < -0.39 is 0 Å². The molecular formula is C20H30N4O3. The molecule has 2 amide bonds. The summed E-state index contributed by atoms with van der Waals surface area (Å²) >= 11 is 0. The highest BCUT2D eigenvalue weighted by Crippen LogP contribution is 2.26. The van der Waals surface area contributed by atoms with Gasteiger partial charge in [0.05, 0.1) is 19.1 Å². The third-order valence-electron chi connectivity index (χ3n) is 6.22. The van der Waals surface area contributed by atoms with E-state index in [9.17, 15) is 9.59 Å². The summed E-state index contributed by atoms with van der Waals surface area (Å²) in [5.74, 6) is 0.523. The first kappa shape index (κ1) is 18.5. The Morgan fingerprint density at radius 3 is 2.48 bits per heavy atom. The lowest BCUT2D eigenvalue weighted by Gasteiger charge is -2.43. The summed E-state index contributed by atoms with van der Waals surface area (Å²) in [7, 11) is 0. The molecule has 4 heterocycles. The lowest BCUT2D eigenvalue weighted by Crippen LogP contribution is -2.53. The van der Waals surface area contributed by atoms with Crippen molar-refractivity contribution in [3.63, 3.8) is 0 Å². The van der Waals surface area contributed by atoms with Crippen molar-refractivity contribution in [2.45, 2.75) is 31.7 Å². The number of hydrogen-bond donors (Lipinski definition) is 1. The SMILES string of the molecule is O=C(c1ccc[nH]1)N1CCC(N2CCC[C@H](C(=O)N3CCOCC3)C2)CC1. The van der Waals surface area contributed by atoms with Gasteiger partial charge < -0.3 is 19.5 Å². The highest BCUT2D eigenvalue weighted by atomic mass is 16.5. The molecule has 0 spiro atoms. The van der Waals surface area contributed by atoms with Gasteiger partial charge in [0.2, 0.25) is 5.91 Å². The summed E-state index contributed by atoms with van der Waals surface area (Å²) < 4.78 is 5.37. The fourth-order valence-electron chi connectivity index (χ4n) is 4.65. The van der Waals surface area contributed by atoms with Crippen LogP contribution < -0.4 is 0 Å². The van der Waals surface area contributed by atoms with E-state index in [0.29, 0.717) is 30.9 Å². The van der Waals surface area contributed by atoms with Crippen LogP contribution >= 0.6 is 0 Å². The Hall–Kier alpha value is -1.86. The van der Waals surface area contributed by atoms with E-state index in [1.807, 2.05) is 21.9 Å². The van der Waals surface area contributed by atoms with Gasteiger partial charge in [-0.3, -0.25) is 14.5 Å². The Morgan fingerprint density at radius 1 is 1.00 bits per heavy atom. The lowest BCUT2D eigenvalue weighted by atomic mass is 9.92. The molecule has 3 saturated heterocycles. The third-order valence-corrected chi connectivity index (χ3v) is 6.22. The first-order valence-corrected chi connectivity index (χ1v) is 10.3. The number of nitrogens with one attached hydrogen (secondary N) is 1. The van der Waals surface area contributed by atoms with E-state index in [2.05, 4.69) is 9.88 Å². The number of carbonyl (C=O) groups is 2. The Kier molecular flexibility index (Phi) is 5.78. The van der Waals surface area contributed by atoms with Gasteiger partial charge in [-0.25, -0.2) is 0 Å². The molecule has 3 aliphatic rings. The average molecular weight is 374 g/mol. The first-order chi connectivity index (χ1) is 13.2. The number of amides is 2. The number of aromatic nitrogens is 1. The molecular weight excluding hydrogens is 344 g/mol. The fraction of sp³-hybridized carbons (Fsp3) is 0.700. The normalized spacial score (nSPS) is 25.6. The predicted octanol–water partition coefficient (Wildman–Crippen LogP) is 1.19. The van der Waals surface area contributed by atoms with Gasteiger partial charge in [-0.15, -0.1) is 0 Å². The standard InChI is InChI=1S/C20H30N4O3/c25-19(23-11-13-27-14-12-23)16-3-2-8-24(15-16)17-5-9-22(10-6-17)20(26)18-4-1-7-21-18/h1,4,7,16-17,21H,2-3,5-6,8-15H2/t16-/m0/s1. The maximum atomic E-state index is 12.8. The molecule has 4 rings (SSSR count). The molecule has 7 nitrogen and oxygen atoms in total. The van der Waals surface area contributed by atoms with Gasteiger partial charge in [0.15, 0.2) is 0 Å². The number of nitrogens with zero attached hydrogens (tertiary/aromatic N) is 3. The van der Waals surface area contributed by atoms with Gasteiger partial charge in [0, 0.05) is 45.0 Å². The van der Waals surface area contributed by atoms with Crippen LogP contribution in [-0.4, -0.2) is 90.0 Å². The molecule has 3 fully saturated rings. The van der Waals surface area contributed by atoms with Crippen LogP contribution in [-0.2, 0) is 9.53 Å². The van der Waals surface area contributed by atoms with Crippen molar-refractivity contribution in [2.24, 2.45) is 5.92 Å². The molecule has 0 bridgehead atoms. The van der Waals surface area contributed by atoms with Gasteiger partial charge in [0.1, 0.15) is 5.69 Å². The number of carbonyl (C=O) groups excluding carboxylic acids is 2. The summed E-state index contributed by atoms with van der Waals surface area (Å²) in [6, 6.07) is 4.18. The second-order valence-electron chi connectivity index (χ2n) is 7.88. The number of piperidine rings is 2. The van der Waals surface area contributed by atoms with Crippen LogP contribution in [0.4, 0.5) is 0 Å². The highest BCUT2D eigenvalue weighted by molar-refractivity contribution is 5.92. The van der Waals surface area contributed by atoms with Crippen LogP contribution in [0, 0.1) is 5.92 Å². The predicted molar refractivity (Wildman–Crippen MR) is 101 cm³/mol. The summed E-state index contributed by atoms with van der Waals surface area (Å²) in [5, 5.41) is 0. The van der Waals surface area contributed by atoms with E-state index >= 15 is 0 Å². The van der Waals surface area contributed by atoms with Crippen LogP contribution in [0.15, 0.2) is 18.3 Å². The van der Waals surface area contributed by atoms with E-state index in [4.69, 9.17) is 4.74 Å². The summed E-state index contributed by atoms with van der Waals surface area (Å²) in [4.78, 5) is 34.8. The van der Waals surface area contributed by atoms with Crippen LogP contribution in [0.5, 0.6) is 0 Å². The number of aromatic amines is 1. The number of rotatable bonds is 3. The van der Waals surface area contributed by atoms with Gasteiger partial charge in [-0.05, 0) is 44.4 Å². The van der Waals surface area contributed by atoms with E-state index in [-0.39, 0.29) is 11.8 Å². The van der Waals surface area contributed by atoms with Crippen molar-refractivity contribution in [3.8, 4) is 0 Å². The largest absolute Gasteiger partial charge is 0.378 e. The summed E-state index contributed by atoms with van der Waals surface area (Å²) in [6.45, 7) is 6.31. The van der Waals surface area contributed by atoms with Gasteiger partial charge in [-0.2, -0.15) is 0 Å². The van der Waals surface area contributed by atoms with E-state index in [1.165, 1.54) is 0 Å². The van der Waals surface area contributed by atoms with Gasteiger partial charge in [0.25, 0.3) is 5.91 Å². The number of likely N-dealkylation sites (tertiary alicyclic amines) is 2. The molecule has 1 aromatic rings. The average Bonchev–Trinajstić information content (AvgIpc) is 3.28. The van der Waals surface area contributed by atoms with Crippen LogP contribution in [0.25, 0.3) is 0 Å². The molecule has 3 aliphatic heterocycles. The van der Waals surface area contributed by atoms with Gasteiger partial charge in [-0.1, -0.05) is 0 Å². The van der Waals surface area contributed by atoms with Crippen LogP contribution in [0.1, 0.15) is 36.2 Å². The van der Waals surface area contributed by atoms with Crippen molar-refractivity contribution in [1.29, 1.82) is 0 Å². The molecule has 0 saturated carbocycles. The molecule has 0 unspecified atom stereocenters. The van der Waals surface area contributed by atoms with Crippen LogP contribution in [0.3, 0.4) is 0 Å². The fourth-order valence-corrected chi connectivity index (χ4v) is 4.65. The number of ether oxygens (including phenoxy) is 1. The number of hydrogen-bond acceptors (Lipinski definition) is 4. The second-order valence-corrected chi connectivity index (χ2v) is 7.88. The zero-order chi connectivity index (χ0) is 18.6. The minimum Gasteiger partial charge on any atom is -0.378 e. The molecule has 0 aromatic carbocycles. The Morgan fingerprint density at radius 2 is 1.78 bits per heavy atom. The number of H-pyrrole nitrogens is 1. The first-order valence-electron chi connectivity index (χ1n) is 10.3. The minimum absolute atomic E-state index is 0.0949. The lowest BCUT2D eigenvalue weighted by molar-refractivity contribution is -0.141. The minimum atomic E-state index is 0.0949. The van der Waals surface area contributed by atoms with Crippen molar-refractivity contribution < 1.29 is 14.3 Å². The van der Waals surface area contributed by atoms with Crippen molar-refractivity contribution in [1.82, 2.24) is 19.7 Å². The Balaban J connectivity index is 1.29. The molecule has 7 heteroatoms. The van der Waals surface area contributed by atoms with Crippen LogP contribution in [0.2, 0.25) is 0 Å². The quantitative estimate of drug-likeness (QED) is 0.863. The van der Waals surface area contributed by atoms with Crippen molar-refractivity contribution in [3.05, 3.63) is 24.0 Å². The zero-order valence-electron chi connectivity index (χ0n) is 15.9. The zero-order valence-corrected chi connectivity index (χ0v) is 15.9. The van der Waals surface area contributed by atoms with E-state index in [1.54, 1.807) is 6.20 Å². The maximum Gasteiger partial charge on any atom is 0.270 e. The third kappa shape index (κ3) is 4.19. The Labute approximate surface area is 160 Å². The highest BCUT2D eigenvalue weighted by Gasteiger charge is 2.34. The molecule has 0 aliphatic carbocycles. The van der Waals surface area contributed by atoms with Gasteiger partial charge >= 0.3 is 0 Å². The van der Waals surface area contributed by atoms with E-state index in [0.717, 1.165) is 65.0 Å².